The van der Waals surface area contributed by atoms with Gasteiger partial charge in [0, 0.05) is 12.6 Å². The Morgan fingerprint density at radius 1 is 1.27 bits per heavy atom. The highest BCUT2D eigenvalue weighted by Gasteiger charge is 2.38. The van der Waals surface area contributed by atoms with E-state index in [1.807, 2.05) is 0 Å². The van der Waals surface area contributed by atoms with Gasteiger partial charge < -0.3 is 26.0 Å². The molecule has 14 heteroatoms. The zero-order chi connectivity index (χ0) is 24.9. The molecule has 0 fully saturated rings. The molecule has 0 bridgehead atoms. The zero-order valence-corrected chi connectivity index (χ0v) is 17.9. The fraction of sp³-hybridized carbons (Fsp3) is 0.263. The predicted molar refractivity (Wildman–Crippen MR) is 112 cm³/mol. The van der Waals surface area contributed by atoms with Crippen LogP contribution in [0.25, 0.3) is 10.2 Å². The van der Waals surface area contributed by atoms with Gasteiger partial charge in [-0.2, -0.15) is 13.2 Å². The second-order valence-electron chi connectivity index (χ2n) is 6.50. The summed E-state index contributed by atoms with van der Waals surface area (Å²) in [5.41, 5.74) is 6.64. The van der Waals surface area contributed by atoms with Crippen LogP contribution in [-0.4, -0.2) is 50.9 Å². The molecule has 0 amide bonds. The summed E-state index contributed by atoms with van der Waals surface area (Å²) in [5, 5.41) is 20.1. The fourth-order valence-electron chi connectivity index (χ4n) is 2.46. The molecular formula is C19H18F4N4O5S. The first-order valence-electron chi connectivity index (χ1n) is 9.05. The number of nitrogens with one attached hydrogen (secondary N) is 1. The van der Waals surface area contributed by atoms with Gasteiger partial charge in [0.15, 0.2) is 0 Å². The van der Waals surface area contributed by atoms with E-state index in [1.54, 1.807) is 13.8 Å². The van der Waals surface area contributed by atoms with Crippen LogP contribution in [0.3, 0.4) is 0 Å². The van der Waals surface area contributed by atoms with Crippen molar-refractivity contribution in [3.63, 3.8) is 0 Å². The van der Waals surface area contributed by atoms with Gasteiger partial charge in [0.2, 0.25) is 0 Å². The molecule has 33 heavy (non-hydrogen) atoms. The molecule has 0 spiro atoms. The maximum atomic E-state index is 13.6. The van der Waals surface area contributed by atoms with Crippen LogP contribution < -0.4 is 15.8 Å². The van der Waals surface area contributed by atoms with Crippen LogP contribution in [0, 0.1) is 12.7 Å². The minimum Gasteiger partial charge on any atom is -0.487 e. The number of hydrogen-bond acceptors (Lipinski definition) is 8. The third-order valence-electron chi connectivity index (χ3n) is 4.02. The number of hydrogen-bond donors (Lipinski definition) is 4. The number of nitrogens with two attached hydrogens (primary N) is 1. The number of aromatic carboxylic acids is 1. The normalized spacial score (nSPS) is 12.0. The van der Waals surface area contributed by atoms with E-state index >= 15 is 0 Å². The van der Waals surface area contributed by atoms with Gasteiger partial charge >= 0.3 is 18.1 Å². The van der Waals surface area contributed by atoms with Gasteiger partial charge in [0.1, 0.15) is 39.5 Å². The second kappa shape index (κ2) is 10.4. The molecule has 5 N–H and O–H groups in total. The van der Waals surface area contributed by atoms with Crippen LogP contribution in [0.4, 0.5) is 29.1 Å². The molecule has 0 aliphatic carbocycles. The Labute approximate surface area is 187 Å². The van der Waals surface area contributed by atoms with E-state index in [-0.39, 0.29) is 17.5 Å². The van der Waals surface area contributed by atoms with Gasteiger partial charge in [-0.1, -0.05) is 0 Å². The lowest BCUT2D eigenvalue weighted by atomic mass is 10.2. The summed E-state index contributed by atoms with van der Waals surface area (Å²) in [5.74, 6) is -3.50. The predicted octanol–water partition coefficient (Wildman–Crippen LogP) is 3.94. The standard InChI is InChI=1S/C17H17FN4O3S.C2HF3O2/c1-8(6-19)25-12-5-10(18)3-4-11(12)22-15-13-9(2)14(17(23)24)26-16(13)21-7-20-15;3-2(4,5)1(6)7/h3-5,7-8H,6,19H2,1-2H3,(H,23,24)(H,20,21,22);(H,6,7). The summed E-state index contributed by atoms with van der Waals surface area (Å²) < 4.78 is 51.0. The number of ether oxygens (including phenoxy) is 1. The Balaban J connectivity index is 0.000000479. The van der Waals surface area contributed by atoms with Crippen molar-refractivity contribution in [3.05, 3.63) is 40.8 Å². The molecule has 3 aromatic rings. The summed E-state index contributed by atoms with van der Waals surface area (Å²) in [6.45, 7) is 3.76. The summed E-state index contributed by atoms with van der Waals surface area (Å²) in [6.07, 6.45) is -4.04. The summed E-state index contributed by atoms with van der Waals surface area (Å²) in [4.78, 5) is 29.4. The molecule has 2 heterocycles. The smallest absolute Gasteiger partial charge is 0.487 e. The minimum atomic E-state index is -5.08. The van der Waals surface area contributed by atoms with Crippen molar-refractivity contribution in [1.82, 2.24) is 9.97 Å². The summed E-state index contributed by atoms with van der Waals surface area (Å²) >= 11 is 1.08. The lowest BCUT2D eigenvalue weighted by Crippen LogP contribution is -2.23. The first kappa shape index (κ1) is 25.7. The van der Waals surface area contributed by atoms with Gasteiger partial charge in [-0.25, -0.2) is 23.9 Å². The lowest BCUT2D eigenvalue weighted by molar-refractivity contribution is -0.192. The van der Waals surface area contributed by atoms with Crippen LogP contribution in [-0.2, 0) is 4.79 Å². The van der Waals surface area contributed by atoms with Crippen LogP contribution in [0.15, 0.2) is 24.5 Å². The number of carboxylic acids is 2. The van der Waals surface area contributed by atoms with E-state index < -0.39 is 23.9 Å². The van der Waals surface area contributed by atoms with Crippen molar-refractivity contribution in [3.8, 4) is 5.75 Å². The maximum absolute atomic E-state index is 13.6. The molecule has 0 saturated carbocycles. The molecule has 1 atom stereocenters. The first-order chi connectivity index (χ1) is 15.3. The van der Waals surface area contributed by atoms with Gasteiger partial charge in [0.25, 0.3) is 0 Å². The summed E-state index contributed by atoms with van der Waals surface area (Å²) in [6, 6.07) is 4.08. The Morgan fingerprint density at radius 3 is 2.45 bits per heavy atom. The van der Waals surface area contributed by atoms with E-state index in [0.717, 1.165) is 11.3 Å². The van der Waals surface area contributed by atoms with Crippen LogP contribution >= 0.6 is 11.3 Å². The highest BCUT2D eigenvalue weighted by molar-refractivity contribution is 7.20. The molecule has 0 aliphatic heterocycles. The number of anilines is 2. The van der Waals surface area contributed by atoms with Crippen molar-refractivity contribution in [2.75, 3.05) is 11.9 Å². The molecule has 178 valence electrons. The number of alkyl halides is 3. The third-order valence-corrected chi connectivity index (χ3v) is 5.21. The largest absolute Gasteiger partial charge is 0.490 e. The highest BCUT2D eigenvalue weighted by Crippen LogP contribution is 2.36. The monoisotopic (exact) mass is 490 g/mol. The molecule has 0 saturated heterocycles. The molecule has 2 aromatic heterocycles. The Hall–Kier alpha value is -3.52. The van der Waals surface area contributed by atoms with Gasteiger partial charge in [-0.05, 0) is 31.5 Å². The van der Waals surface area contributed by atoms with E-state index in [2.05, 4.69) is 15.3 Å². The van der Waals surface area contributed by atoms with E-state index in [9.17, 15) is 27.5 Å². The molecule has 0 aliphatic rings. The Bertz CT molecular complexity index is 1170. The molecule has 1 aromatic carbocycles. The Morgan fingerprint density at radius 2 is 1.91 bits per heavy atom. The molecule has 3 rings (SSSR count). The quantitative estimate of drug-likeness (QED) is 0.377. The first-order valence-corrected chi connectivity index (χ1v) is 9.87. The third kappa shape index (κ3) is 6.49. The van der Waals surface area contributed by atoms with Crippen LogP contribution in [0.2, 0.25) is 0 Å². The second-order valence-corrected chi connectivity index (χ2v) is 7.50. The number of halogens is 4. The minimum absolute atomic E-state index is 0.205. The molecule has 1 unspecified atom stereocenters. The number of aromatic nitrogens is 2. The number of carbonyl (C=O) groups is 2. The average molecular weight is 490 g/mol. The highest BCUT2D eigenvalue weighted by atomic mass is 32.1. The molecule has 9 nitrogen and oxygen atoms in total. The SMILES string of the molecule is Cc1c(C(=O)O)sc2ncnc(Nc3ccc(F)cc3OC(C)CN)c12.O=C(O)C(F)(F)F. The van der Waals surface area contributed by atoms with E-state index in [0.29, 0.717) is 33.0 Å². The van der Waals surface area contributed by atoms with E-state index in [4.69, 9.17) is 20.4 Å². The summed E-state index contributed by atoms with van der Waals surface area (Å²) in [7, 11) is 0. The zero-order valence-electron chi connectivity index (χ0n) is 17.1. The van der Waals surface area contributed by atoms with Crippen LogP contribution in [0.1, 0.15) is 22.2 Å². The number of carboxylic acid groups (broad SMARTS) is 2. The number of aliphatic carboxylic acids is 1. The van der Waals surface area contributed by atoms with Crippen molar-refractivity contribution in [2.24, 2.45) is 5.73 Å². The van der Waals surface area contributed by atoms with Gasteiger partial charge in [0.05, 0.1) is 11.1 Å². The number of rotatable bonds is 6. The number of aryl methyl sites for hydroxylation is 1. The average Bonchev–Trinajstić information content (AvgIpc) is 3.07. The number of fused-ring (bicyclic) bond motifs is 1. The van der Waals surface area contributed by atoms with Crippen molar-refractivity contribution in [2.45, 2.75) is 26.1 Å². The fourth-order valence-corrected chi connectivity index (χ4v) is 3.45. The van der Waals surface area contributed by atoms with Crippen molar-refractivity contribution in [1.29, 1.82) is 0 Å². The lowest BCUT2D eigenvalue weighted by Gasteiger charge is -2.17. The van der Waals surface area contributed by atoms with Crippen molar-refractivity contribution < 1.29 is 42.1 Å². The molecule has 0 radical (unpaired) electrons. The van der Waals surface area contributed by atoms with Gasteiger partial charge in [-0.15, -0.1) is 11.3 Å². The Kier molecular flexibility index (Phi) is 8.11. The number of thiophene rings is 1. The van der Waals surface area contributed by atoms with Crippen LogP contribution in [0.5, 0.6) is 5.75 Å². The number of benzene rings is 1. The topological polar surface area (TPSA) is 148 Å². The number of nitrogens with zero attached hydrogens (tertiary/aromatic N) is 2. The van der Waals surface area contributed by atoms with E-state index in [1.165, 1.54) is 24.5 Å². The molecular weight excluding hydrogens is 472 g/mol. The maximum Gasteiger partial charge on any atom is 0.490 e. The van der Waals surface area contributed by atoms with Gasteiger partial charge in [-0.3, -0.25) is 0 Å². The van der Waals surface area contributed by atoms with Crippen molar-refractivity contribution >= 4 is 45.0 Å².